The number of carbonyl (C=O) groups excluding carboxylic acids is 2. The molecule has 252 valence electrons. The summed E-state index contributed by atoms with van der Waals surface area (Å²) in [5.74, 6) is -0.798. The van der Waals surface area contributed by atoms with Crippen molar-refractivity contribution in [3.05, 3.63) is 0 Å². The number of nitrogens with zero attached hydrogens (tertiary/aromatic N) is 3. The Morgan fingerprint density at radius 1 is 0.818 bits per heavy atom. The fourth-order valence-electron chi connectivity index (χ4n) is 6.12. The second-order valence-electron chi connectivity index (χ2n) is 12.1. The van der Waals surface area contributed by atoms with Gasteiger partial charge >= 0.3 is 12.0 Å². The van der Waals surface area contributed by atoms with E-state index >= 15 is 0 Å². The second-order valence-corrected chi connectivity index (χ2v) is 12.1. The van der Waals surface area contributed by atoms with Crippen molar-refractivity contribution in [1.29, 1.82) is 0 Å². The Labute approximate surface area is 259 Å². The summed E-state index contributed by atoms with van der Waals surface area (Å²) in [6, 6.07) is -1.08. The molecule has 0 radical (unpaired) electrons. The van der Waals surface area contributed by atoms with Crippen LogP contribution in [0.3, 0.4) is 0 Å². The van der Waals surface area contributed by atoms with Crippen LogP contribution in [-0.2, 0) is 19.0 Å². The molecule has 3 aliphatic rings. The molecule has 9 atom stereocenters. The summed E-state index contributed by atoms with van der Waals surface area (Å²) in [4.78, 5) is 29.9. The number of aliphatic hydroxyl groups is 5. The number of carbonyl (C=O) groups is 2. The number of ether oxygens (including phenoxy) is 3. The van der Waals surface area contributed by atoms with Gasteiger partial charge < -0.3 is 45.5 Å². The Balaban J connectivity index is 1.54. The highest BCUT2D eigenvalue weighted by atomic mass is 16.6. The molecule has 1 unspecified atom stereocenters. The number of amidine groups is 1. The van der Waals surface area contributed by atoms with E-state index in [0.29, 0.717) is 6.42 Å². The van der Waals surface area contributed by atoms with Gasteiger partial charge in [-0.3, -0.25) is 4.79 Å². The summed E-state index contributed by atoms with van der Waals surface area (Å²) < 4.78 is 15.7. The summed E-state index contributed by atoms with van der Waals surface area (Å²) in [6.07, 6.45) is 2.98. The zero-order valence-corrected chi connectivity index (χ0v) is 26.1. The molecule has 2 fully saturated rings. The quantitative estimate of drug-likeness (QED) is 0.0685. The molecule has 7 N–H and O–H groups in total. The number of amides is 2. The number of rotatable bonds is 19. The molecule has 0 bridgehead atoms. The van der Waals surface area contributed by atoms with Gasteiger partial charge in [-0.1, -0.05) is 93.7 Å². The van der Waals surface area contributed by atoms with E-state index in [1.165, 1.54) is 64.7 Å². The SMILES string of the molecule is CCCCCCCCCCCCCCCC(=O)O[C@H]1[C@H](O)[C@H]([N+]2([C@@H]3O[C@H](CO)[C@@H](O)[C@H]3O)N=C(C)C(N)=NC2=O)O[C@@H]1CO. The topological polar surface area (TPSA) is 214 Å². The Morgan fingerprint density at radius 2 is 1.32 bits per heavy atom. The lowest BCUT2D eigenvalue weighted by Gasteiger charge is -2.39. The van der Waals surface area contributed by atoms with E-state index in [-0.39, 0.29) is 18.0 Å². The summed E-state index contributed by atoms with van der Waals surface area (Å²) in [7, 11) is 0. The predicted molar refractivity (Wildman–Crippen MR) is 160 cm³/mol. The molecule has 0 aromatic rings. The first-order valence-electron chi connectivity index (χ1n) is 16.2. The van der Waals surface area contributed by atoms with Gasteiger partial charge in [0.1, 0.15) is 24.0 Å². The highest BCUT2D eigenvalue weighted by Gasteiger charge is 2.69. The van der Waals surface area contributed by atoms with Gasteiger partial charge in [0.25, 0.3) is 12.5 Å². The number of aliphatic hydroxyl groups excluding tert-OH is 5. The zero-order chi connectivity index (χ0) is 32.3. The Bertz CT molecular complexity index is 997. The smallest absolute Gasteiger partial charge is 0.456 e. The van der Waals surface area contributed by atoms with Crippen molar-refractivity contribution >= 4 is 23.5 Å². The fourth-order valence-corrected chi connectivity index (χ4v) is 6.12. The highest BCUT2D eigenvalue weighted by Crippen LogP contribution is 2.41. The summed E-state index contributed by atoms with van der Waals surface area (Å²) in [5.41, 5.74) is 5.85. The minimum atomic E-state index is -1.75. The zero-order valence-electron chi connectivity index (χ0n) is 26.1. The third-order valence-electron chi connectivity index (χ3n) is 8.74. The van der Waals surface area contributed by atoms with Crippen molar-refractivity contribution < 1.29 is 53.9 Å². The predicted octanol–water partition coefficient (Wildman–Crippen LogP) is 1.58. The van der Waals surface area contributed by atoms with Gasteiger partial charge in [0.05, 0.1) is 13.2 Å². The van der Waals surface area contributed by atoms with Crippen LogP contribution in [0.1, 0.15) is 104 Å². The van der Waals surface area contributed by atoms with Gasteiger partial charge in [-0.25, -0.2) is 4.79 Å². The van der Waals surface area contributed by atoms with Crippen LogP contribution < -0.4 is 5.73 Å². The molecule has 14 nitrogen and oxygen atoms in total. The fraction of sp³-hybridized carbons (Fsp3) is 0.867. The maximum absolute atomic E-state index is 13.4. The van der Waals surface area contributed by atoms with Crippen LogP contribution in [0.15, 0.2) is 10.1 Å². The number of hydrogen-bond donors (Lipinski definition) is 6. The van der Waals surface area contributed by atoms with Crippen LogP contribution in [0.4, 0.5) is 4.79 Å². The first-order valence-corrected chi connectivity index (χ1v) is 16.2. The van der Waals surface area contributed by atoms with Gasteiger partial charge in [0.2, 0.25) is 0 Å². The molecule has 14 heteroatoms. The third kappa shape index (κ3) is 8.60. The molecule has 0 aromatic heterocycles. The Hall–Kier alpha value is -2.04. The van der Waals surface area contributed by atoms with Crippen LogP contribution in [0, 0.1) is 0 Å². The Kier molecular flexibility index (Phi) is 14.6. The number of urea groups is 1. The summed E-state index contributed by atoms with van der Waals surface area (Å²) in [5, 5.41) is 56.4. The molecule has 2 saturated heterocycles. The molecule has 0 aliphatic carbocycles. The lowest BCUT2D eigenvalue weighted by atomic mass is 10.0. The molecule has 3 heterocycles. The molecule has 0 aromatic carbocycles. The molecule has 0 saturated carbocycles. The largest absolute Gasteiger partial charge is 0.475 e. The molecule has 0 spiro atoms. The number of nitrogens with two attached hydrogens (primary N) is 1. The first-order chi connectivity index (χ1) is 21.1. The van der Waals surface area contributed by atoms with Gasteiger partial charge in [-0.15, -0.1) is 4.99 Å². The standard InChI is InChI=1S/C30H52N4O10/c1-3-4-5-6-7-8-9-10-11-12-13-14-15-16-22(37)44-26-21(18-36)43-29(25(26)40)34(30(41)32-27(31)19(2)33-34)28-24(39)23(38)20(17-35)42-28/h20-21,23-26,28-29,35-36,38-40H,3-18H2,1-2H3,(H-,31,32,41)/p+1/t20-,21-,23-,24-,25+,26-,28-,29-,34?/m1/s1. The lowest BCUT2D eigenvalue weighted by molar-refractivity contribution is -0.952. The van der Waals surface area contributed by atoms with E-state index in [2.05, 4.69) is 17.0 Å². The highest BCUT2D eigenvalue weighted by molar-refractivity contribution is 6.41. The third-order valence-corrected chi connectivity index (χ3v) is 8.74. The molecular formula is C30H53N4O10+. The van der Waals surface area contributed by atoms with E-state index < -0.39 is 78.9 Å². The molecule has 3 aliphatic heterocycles. The van der Waals surface area contributed by atoms with Crippen molar-refractivity contribution in [2.45, 2.75) is 153 Å². The number of unbranched alkanes of at least 4 members (excludes halogenated alkanes) is 12. The number of esters is 1. The van der Waals surface area contributed by atoms with Gasteiger partial charge in [0.15, 0.2) is 24.1 Å². The minimum absolute atomic E-state index is 0.0570. The van der Waals surface area contributed by atoms with Crippen molar-refractivity contribution in [3.63, 3.8) is 0 Å². The minimum Gasteiger partial charge on any atom is -0.456 e. The van der Waals surface area contributed by atoms with Crippen LogP contribution >= 0.6 is 0 Å². The number of aliphatic imine (C=N–C) groups is 1. The van der Waals surface area contributed by atoms with Crippen LogP contribution in [0.25, 0.3) is 0 Å². The van der Waals surface area contributed by atoms with E-state index in [1.54, 1.807) is 0 Å². The lowest BCUT2D eigenvalue weighted by Crippen LogP contribution is -2.68. The van der Waals surface area contributed by atoms with Gasteiger partial charge in [-0.2, -0.15) is 0 Å². The maximum Gasteiger partial charge on any atom is 0.475 e. The maximum atomic E-state index is 13.4. The van der Waals surface area contributed by atoms with E-state index in [4.69, 9.17) is 19.9 Å². The van der Waals surface area contributed by atoms with Crippen molar-refractivity contribution in [2.24, 2.45) is 15.8 Å². The molecule has 2 amide bonds. The van der Waals surface area contributed by atoms with E-state index in [9.17, 15) is 35.1 Å². The van der Waals surface area contributed by atoms with Crippen LogP contribution in [0.5, 0.6) is 0 Å². The van der Waals surface area contributed by atoms with Crippen molar-refractivity contribution in [2.75, 3.05) is 13.2 Å². The first kappa shape index (κ1) is 36.4. The van der Waals surface area contributed by atoms with Gasteiger partial charge in [0, 0.05) is 6.42 Å². The average Bonchev–Trinajstić information content (AvgIpc) is 3.48. The normalized spacial score (nSPS) is 33.8. The number of quaternary nitrogens is 1. The van der Waals surface area contributed by atoms with Crippen LogP contribution in [0.2, 0.25) is 0 Å². The van der Waals surface area contributed by atoms with E-state index in [0.717, 1.165) is 19.3 Å². The van der Waals surface area contributed by atoms with Gasteiger partial charge in [-0.05, 0) is 13.3 Å². The second kappa shape index (κ2) is 17.6. The van der Waals surface area contributed by atoms with E-state index in [1.807, 2.05) is 0 Å². The monoisotopic (exact) mass is 629 g/mol. The van der Waals surface area contributed by atoms with Crippen LogP contribution in [-0.4, -0.2) is 116 Å². The average molecular weight is 630 g/mol. The van der Waals surface area contributed by atoms with Crippen molar-refractivity contribution in [3.8, 4) is 0 Å². The number of hydrogen-bond acceptors (Lipinski definition) is 12. The molecular weight excluding hydrogens is 576 g/mol. The summed E-state index contributed by atoms with van der Waals surface area (Å²) >= 11 is 0. The van der Waals surface area contributed by atoms with Crippen molar-refractivity contribution in [1.82, 2.24) is 0 Å². The molecule has 44 heavy (non-hydrogen) atoms. The summed E-state index contributed by atoms with van der Waals surface area (Å²) in [6.45, 7) is 2.33. The Morgan fingerprint density at radius 3 is 1.84 bits per heavy atom. The molecule has 3 rings (SSSR count).